The standard InChI is InChI=1S/C10H8Br2ClN5/c11-5-1-2-6(13)7(3-5)17-9-8(12)10(18-14)16-4-15-9/h1-4H,14H2,(H2,15,16,17,18). The van der Waals surface area contributed by atoms with Crippen LogP contribution in [0.15, 0.2) is 33.5 Å². The Labute approximate surface area is 125 Å². The summed E-state index contributed by atoms with van der Waals surface area (Å²) in [5.74, 6) is 6.39. The fourth-order valence-electron chi connectivity index (χ4n) is 1.28. The van der Waals surface area contributed by atoms with Crippen LogP contribution in [0.25, 0.3) is 0 Å². The van der Waals surface area contributed by atoms with Crippen molar-refractivity contribution in [2.24, 2.45) is 5.84 Å². The summed E-state index contributed by atoms with van der Waals surface area (Å²) in [6, 6.07) is 5.49. The van der Waals surface area contributed by atoms with Gasteiger partial charge in [-0.3, -0.25) is 0 Å². The van der Waals surface area contributed by atoms with E-state index in [1.165, 1.54) is 6.33 Å². The van der Waals surface area contributed by atoms with Crippen LogP contribution >= 0.6 is 43.5 Å². The van der Waals surface area contributed by atoms with E-state index in [0.29, 0.717) is 21.1 Å². The molecule has 4 N–H and O–H groups in total. The molecule has 2 aromatic rings. The Morgan fingerprint density at radius 1 is 1.17 bits per heavy atom. The number of rotatable bonds is 3. The monoisotopic (exact) mass is 391 g/mol. The maximum atomic E-state index is 6.09. The van der Waals surface area contributed by atoms with Gasteiger partial charge < -0.3 is 10.7 Å². The average Bonchev–Trinajstić information content (AvgIpc) is 2.36. The minimum Gasteiger partial charge on any atom is -0.338 e. The second-order valence-electron chi connectivity index (χ2n) is 3.28. The fourth-order valence-corrected chi connectivity index (χ4v) is 2.22. The highest BCUT2D eigenvalue weighted by atomic mass is 79.9. The molecular weight excluding hydrogens is 385 g/mol. The van der Waals surface area contributed by atoms with Crippen molar-refractivity contribution in [3.05, 3.63) is 38.5 Å². The summed E-state index contributed by atoms with van der Waals surface area (Å²) in [6.07, 6.45) is 1.40. The van der Waals surface area contributed by atoms with Gasteiger partial charge in [-0.05, 0) is 34.1 Å². The zero-order valence-corrected chi connectivity index (χ0v) is 12.8. The van der Waals surface area contributed by atoms with Crippen LogP contribution in [0, 0.1) is 0 Å². The number of nitrogens with zero attached hydrogens (tertiary/aromatic N) is 2. The Morgan fingerprint density at radius 2 is 1.89 bits per heavy atom. The second kappa shape index (κ2) is 5.83. The van der Waals surface area contributed by atoms with Crippen molar-refractivity contribution in [3.63, 3.8) is 0 Å². The van der Waals surface area contributed by atoms with Crippen LogP contribution in [0.3, 0.4) is 0 Å². The van der Waals surface area contributed by atoms with Crippen molar-refractivity contribution < 1.29 is 0 Å². The van der Waals surface area contributed by atoms with Crippen molar-refractivity contribution in [3.8, 4) is 0 Å². The molecule has 18 heavy (non-hydrogen) atoms. The van der Waals surface area contributed by atoms with Crippen LogP contribution < -0.4 is 16.6 Å². The van der Waals surface area contributed by atoms with Gasteiger partial charge in [-0.1, -0.05) is 27.5 Å². The van der Waals surface area contributed by atoms with E-state index in [2.05, 4.69) is 52.6 Å². The van der Waals surface area contributed by atoms with Gasteiger partial charge in [0.25, 0.3) is 0 Å². The lowest BCUT2D eigenvalue weighted by molar-refractivity contribution is 1.12. The summed E-state index contributed by atoms with van der Waals surface area (Å²) < 4.78 is 1.54. The molecule has 0 radical (unpaired) electrons. The number of nitrogens with one attached hydrogen (secondary N) is 2. The van der Waals surface area contributed by atoms with Crippen LogP contribution in [0.5, 0.6) is 0 Å². The quantitative estimate of drug-likeness (QED) is 0.548. The zero-order chi connectivity index (χ0) is 13.1. The number of hydrazine groups is 1. The molecule has 0 fully saturated rings. The summed E-state index contributed by atoms with van der Waals surface area (Å²) in [5.41, 5.74) is 3.20. The number of nitrogen functional groups attached to an aromatic ring is 1. The number of nitrogens with two attached hydrogens (primary N) is 1. The van der Waals surface area contributed by atoms with Gasteiger partial charge in [0.15, 0.2) is 5.82 Å². The van der Waals surface area contributed by atoms with E-state index in [-0.39, 0.29) is 0 Å². The molecule has 0 aliphatic carbocycles. The lowest BCUT2D eigenvalue weighted by atomic mass is 10.3. The maximum absolute atomic E-state index is 6.09. The van der Waals surface area contributed by atoms with Crippen LogP contribution in [0.2, 0.25) is 5.02 Å². The smallest absolute Gasteiger partial charge is 0.159 e. The maximum Gasteiger partial charge on any atom is 0.159 e. The van der Waals surface area contributed by atoms with Gasteiger partial charge in [0.2, 0.25) is 0 Å². The minimum atomic E-state index is 0.485. The van der Waals surface area contributed by atoms with Gasteiger partial charge in [-0.2, -0.15) is 0 Å². The van der Waals surface area contributed by atoms with Crippen LogP contribution in [-0.2, 0) is 0 Å². The van der Waals surface area contributed by atoms with Gasteiger partial charge in [-0.25, -0.2) is 15.8 Å². The third-order valence-corrected chi connectivity index (χ3v) is 3.68. The van der Waals surface area contributed by atoms with Crippen molar-refractivity contribution in [1.82, 2.24) is 9.97 Å². The predicted molar refractivity (Wildman–Crippen MR) is 80.0 cm³/mol. The van der Waals surface area contributed by atoms with E-state index in [1.54, 1.807) is 6.07 Å². The van der Waals surface area contributed by atoms with Gasteiger partial charge >= 0.3 is 0 Å². The van der Waals surface area contributed by atoms with Crippen LogP contribution in [0.1, 0.15) is 0 Å². The van der Waals surface area contributed by atoms with E-state index in [1.807, 2.05) is 12.1 Å². The molecule has 0 amide bonds. The topological polar surface area (TPSA) is 75.9 Å². The highest BCUT2D eigenvalue weighted by molar-refractivity contribution is 9.11. The van der Waals surface area contributed by atoms with E-state index < -0.39 is 0 Å². The molecule has 2 rings (SSSR count). The third kappa shape index (κ3) is 2.92. The first-order valence-electron chi connectivity index (χ1n) is 4.81. The van der Waals surface area contributed by atoms with Crippen molar-refractivity contribution in [1.29, 1.82) is 0 Å². The van der Waals surface area contributed by atoms with E-state index in [0.717, 1.165) is 10.2 Å². The Morgan fingerprint density at radius 3 is 2.61 bits per heavy atom. The third-order valence-electron chi connectivity index (χ3n) is 2.11. The first kappa shape index (κ1) is 13.5. The molecule has 94 valence electrons. The molecule has 0 bridgehead atoms. The number of benzene rings is 1. The molecule has 0 spiro atoms. The highest BCUT2D eigenvalue weighted by Crippen LogP contribution is 2.32. The largest absolute Gasteiger partial charge is 0.338 e. The Bertz CT molecular complexity index is 578. The molecule has 0 aliphatic rings. The Hall–Kier alpha value is -0.890. The van der Waals surface area contributed by atoms with Crippen molar-refractivity contribution >= 4 is 60.8 Å². The predicted octanol–water partition coefficient (Wildman–Crippen LogP) is 3.68. The van der Waals surface area contributed by atoms with E-state index in [4.69, 9.17) is 17.4 Å². The Kier molecular flexibility index (Phi) is 4.39. The Balaban J connectivity index is 2.37. The molecule has 0 saturated carbocycles. The van der Waals surface area contributed by atoms with Gasteiger partial charge in [0.05, 0.1) is 10.7 Å². The average molecular weight is 393 g/mol. The SMILES string of the molecule is NNc1ncnc(Nc2cc(Br)ccc2Cl)c1Br. The summed E-state index contributed by atoms with van der Waals surface area (Å²) in [6.45, 7) is 0. The van der Waals surface area contributed by atoms with E-state index in [9.17, 15) is 0 Å². The molecular formula is C10H8Br2ClN5. The molecule has 8 heteroatoms. The number of hydrogen-bond donors (Lipinski definition) is 3. The summed E-state index contributed by atoms with van der Waals surface area (Å²) in [4.78, 5) is 8.08. The number of anilines is 3. The van der Waals surface area contributed by atoms with Gasteiger partial charge in [0.1, 0.15) is 16.6 Å². The van der Waals surface area contributed by atoms with Crippen LogP contribution in [-0.4, -0.2) is 9.97 Å². The van der Waals surface area contributed by atoms with Crippen molar-refractivity contribution in [2.45, 2.75) is 0 Å². The summed E-state index contributed by atoms with van der Waals surface area (Å²) in [5, 5.41) is 3.69. The highest BCUT2D eigenvalue weighted by Gasteiger charge is 2.09. The summed E-state index contributed by atoms with van der Waals surface area (Å²) >= 11 is 12.8. The van der Waals surface area contributed by atoms with Gasteiger partial charge in [-0.15, -0.1) is 0 Å². The number of hydrogen-bond acceptors (Lipinski definition) is 5. The van der Waals surface area contributed by atoms with Crippen LogP contribution in [0.4, 0.5) is 17.3 Å². The second-order valence-corrected chi connectivity index (χ2v) is 5.39. The van der Waals surface area contributed by atoms with E-state index >= 15 is 0 Å². The normalized spacial score (nSPS) is 10.2. The summed E-state index contributed by atoms with van der Waals surface area (Å²) in [7, 11) is 0. The molecule has 0 unspecified atom stereocenters. The molecule has 0 saturated heterocycles. The first-order chi connectivity index (χ1) is 8.61. The molecule has 5 nitrogen and oxygen atoms in total. The molecule has 1 aromatic carbocycles. The van der Waals surface area contributed by atoms with Crippen molar-refractivity contribution in [2.75, 3.05) is 10.7 Å². The zero-order valence-electron chi connectivity index (χ0n) is 8.92. The lowest BCUT2D eigenvalue weighted by Crippen LogP contribution is -2.10. The lowest BCUT2D eigenvalue weighted by Gasteiger charge is -2.11. The fraction of sp³-hybridized carbons (Fsp3) is 0. The number of halogens is 3. The molecule has 0 atom stereocenters. The molecule has 1 heterocycles. The first-order valence-corrected chi connectivity index (χ1v) is 6.77. The molecule has 1 aromatic heterocycles. The van der Waals surface area contributed by atoms with Gasteiger partial charge in [0, 0.05) is 4.47 Å². The minimum absolute atomic E-state index is 0.485. The molecule has 0 aliphatic heterocycles. The number of aromatic nitrogens is 2.